The summed E-state index contributed by atoms with van der Waals surface area (Å²) in [6.07, 6.45) is 1.97. The normalized spacial score (nSPS) is 21.0. The monoisotopic (exact) mass is 368 g/mol. The molecule has 0 saturated carbocycles. The average Bonchev–Trinajstić information content (AvgIpc) is 3.31. The van der Waals surface area contributed by atoms with E-state index in [2.05, 4.69) is 56.2 Å². The van der Waals surface area contributed by atoms with Crippen LogP contribution in [0.1, 0.15) is 36.1 Å². The number of hydrogen-bond donors (Lipinski definition) is 1. The minimum atomic E-state index is 0.0241. The first-order valence-electron chi connectivity index (χ1n) is 9.82. The zero-order valence-electron chi connectivity index (χ0n) is 16.2. The third kappa shape index (κ3) is 3.98. The summed E-state index contributed by atoms with van der Waals surface area (Å²) in [4.78, 5) is 24.0. The maximum atomic E-state index is 12.9. The summed E-state index contributed by atoms with van der Waals surface area (Å²) in [6.45, 7) is 9.06. The summed E-state index contributed by atoms with van der Waals surface area (Å²) in [6, 6.07) is 8.66. The van der Waals surface area contributed by atoms with Crippen LogP contribution in [0.3, 0.4) is 0 Å². The van der Waals surface area contributed by atoms with E-state index in [0.29, 0.717) is 6.54 Å². The lowest BCUT2D eigenvalue weighted by Gasteiger charge is -2.36. The minimum absolute atomic E-state index is 0.0241. The number of aryl methyl sites for hydroxylation is 2. The lowest BCUT2D eigenvalue weighted by atomic mass is 10.2. The molecule has 1 aromatic carbocycles. The van der Waals surface area contributed by atoms with Crippen LogP contribution in [-0.2, 0) is 4.79 Å². The Balaban J connectivity index is 1.33. The van der Waals surface area contributed by atoms with E-state index >= 15 is 0 Å². The van der Waals surface area contributed by atoms with Gasteiger partial charge in [-0.15, -0.1) is 0 Å². The van der Waals surface area contributed by atoms with Crippen LogP contribution in [0.4, 0.5) is 5.69 Å². The van der Waals surface area contributed by atoms with Crippen molar-refractivity contribution in [3.63, 3.8) is 0 Å². The highest BCUT2D eigenvalue weighted by molar-refractivity contribution is 5.79. The van der Waals surface area contributed by atoms with Gasteiger partial charge in [-0.1, -0.05) is 12.1 Å². The van der Waals surface area contributed by atoms with E-state index in [1.807, 2.05) is 11.8 Å². The number of carbonyl (C=O) groups excluding carboxylic acids is 1. The molecule has 2 aliphatic rings. The second-order valence-electron chi connectivity index (χ2n) is 7.63. The number of nitrogens with zero attached hydrogens (tertiary/aromatic N) is 5. The van der Waals surface area contributed by atoms with Gasteiger partial charge in [-0.05, 0) is 44.4 Å². The number of nitrogens with one attached hydrogen (secondary N) is 1. The van der Waals surface area contributed by atoms with E-state index < -0.39 is 0 Å². The molecule has 0 radical (unpaired) electrons. The highest BCUT2D eigenvalue weighted by Gasteiger charge is 2.33. The lowest BCUT2D eigenvalue weighted by molar-refractivity contribution is -0.133. The van der Waals surface area contributed by atoms with Gasteiger partial charge in [0.1, 0.15) is 5.82 Å². The molecule has 0 aliphatic carbocycles. The zero-order valence-corrected chi connectivity index (χ0v) is 16.2. The number of anilines is 1. The Bertz CT molecular complexity index is 795. The SMILES string of the molecule is Cc1cccc(N2CCN(CC(=O)N3CCCC3c3n[nH]c(C)n3)CC2)c1. The van der Waals surface area contributed by atoms with Crippen molar-refractivity contribution in [1.82, 2.24) is 25.0 Å². The molecular formula is C20H28N6O. The van der Waals surface area contributed by atoms with Gasteiger partial charge in [0, 0.05) is 38.4 Å². The van der Waals surface area contributed by atoms with E-state index in [-0.39, 0.29) is 11.9 Å². The molecule has 1 aromatic heterocycles. The van der Waals surface area contributed by atoms with Crippen molar-refractivity contribution < 1.29 is 4.79 Å². The van der Waals surface area contributed by atoms with Gasteiger partial charge < -0.3 is 9.80 Å². The number of piperazine rings is 1. The van der Waals surface area contributed by atoms with Crippen LogP contribution in [0.2, 0.25) is 0 Å². The fraction of sp³-hybridized carbons (Fsp3) is 0.550. The molecule has 2 aromatic rings. The number of hydrogen-bond acceptors (Lipinski definition) is 5. The summed E-state index contributed by atoms with van der Waals surface area (Å²) in [5, 5.41) is 7.17. The predicted molar refractivity (Wildman–Crippen MR) is 105 cm³/mol. The van der Waals surface area contributed by atoms with E-state index in [1.54, 1.807) is 0 Å². The predicted octanol–water partition coefficient (Wildman–Crippen LogP) is 1.91. The maximum absolute atomic E-state index is 12.9. The van der Waals surface area contributed by atoms with Crippen molar-refractivity contribution in [3.05, 3.63) is 41.5 Å². The molecule has 2 fully saturated rings. The standard InChI is InChI=1S/C20H28N6O/c1-15-5-3-6-17(13-15)25-11-9-24(10-12-25)14-19(27)26-8-4-7-18(26)20-21-16(2)22-23-20/h3,5-6,13,18H,4,7-12,14H2,1-2H3,(H,21,22,23). The van der Waals surface area contributed by atoms with Crippen molar-refractivity contribution in [2.75, 3.05) is 44.2 Å². The number of aromatic nitrogens is 3. The average molecular weight is 368 g/mol. The van der Waals surface area contributed by atoms with Crippen LogP contribution >= 0.6 is 0 Å². The molecule has 4 rings (SSSR count). The molecule has 7 nitrogen and oxygen atoms in total. The van der Waals surface area contributed by atoms with Gasteiger partial charge in [-0.3, -0.25) is 14.8 Å². The maximum Gasteiger partial charge on any atom is 0.237 e. The summed E-state index contributed by atoms with van der Waals surface area (Å²) < 4.78 is 0. The van der Waals surface area contributed by atoms with Gasteiger partial charge in [-0.25, -0.2) is 4.98 Å². The Hall–Kier alpha value is -2.41. The quantitative estimate of drug-likeness (QED) is 0.893. The molecule has 2 aliphatic heterocycles. The third-order valence-corrected chi connectivity index (χ3v) is 5.58. The fourth-order valence-electron chi connectivity index (χ4n) is 4.11. The number of carbonyl (C=O) groups is 1. The first-order chi connectivity index (χ1) is 13.1. The summed E-state index contributed by atoms with van der Waals surface area (Å²) in [5.41, 5.74) is 2.56. The number of rotatable bonds is 4. The van der Waals surface area contributed by atoms with Crippen molar-refractivity contribution in [3.8, 4) is 0 Å². The van der Waals surface area contributed by atoms with Crippen molar-refractivity contribution in [2.45, 2.75) is 32.7 Å². The Labute approximate surface area is 160 Å². The second kappa shape index (κ2) is 7.68. The van der Waals surface area contributed by atoms with Gasteiger partial charge in [-0.2, -0.15) is 5.10 Å². The Kier molecular flexibility index (Phi) is 5.11. The molecule has 2 saturated heterocycles. The Morgan fingerprint density at radius 2 is 2.00 bits per heavy atom. The highest BCUT2D eigenvalue weighted by Crippen LogP contribution is 2.30. The van der Waals surface area contributed by atoms with Crippen LogP contribution in [0, 0.1) is 13.8 Å². The molecule has 1 atom stereocenters. The van der Waals surface area contributed by atoms with Crippen LogP contribution in [0.25, 0.3) is 0 Å². The minimum Gasteiger partial charge on any atom is -0.369 e. The Morgan fingerprint density at radius 1 is 1.19 bits per heavy atom. The molecule has 1 N–H and O–H groups in total. The van der Waals surface area contributed by atoms with Crippen LogP contribution in [-0.4, -0.2) is 70.2 Å². The van der Waals surface area contributed by atoms with Crippen molar-refractivity contribution in [2.24, 2.45) is 0 Å². The van der Waals surface area contributed by atoms with Crippen LogP contribution < -0.4 is 4.90 Å². The number of likely N-dealkylation sites (tertiary alicyclic amines) is 1. The first kappa shape index (κ1) is 18.0. The van der Waals surface area contributed by atoms with Gasteiger partial charge in [0.2, 0.25) is 5.91 Å². The number of amides is 1. The molecule has 144 valence electrons. The molecular weight excluding hydrogens is 340 g/mol. The molecule has 27 heavy (non-hydrogen) atoms. The number of H-pyrrole nitrogens is 1. The summed E-state index contributed by atoms with van der Waals surface area (Å²) in [7, 11) is 0. The van der Waals surface area contributed by atoms with Gasteiger partial charge >= 0.3 is 0 Å². The van der Waals surface area contributed by atoms with Gasteiger partial charge in [0.05, 0.1) is 12.6 Å². The lowest BCUT2D eigenvalue weighted by Crippen LogP contribution is -2.50. The molecule has 0 bridgehead atoms. The molecule has 1 amide bonds. The summed E-state index contributed by atoms with van der Waals surface area (Å²) >= 11 is 0. The van der Waals surface area contributed by atoms with Crippen LogP contribution in [0.5, 0.6) is 0 Å². The summed E-state index contributed by atoms with van der Waals surface area (Å²) in [5.74, 6) is 1.75. The molecule has 3 heterocycles. The zero-order chi connectivity index (χ0) is 18.8. The van der Waals surface area contributed by atoms with Crippen LogP contribution in [0.15, 0.2) is 24.3 Å². The van der Waals surface area contributed by atoms with E-state index in [0.717, 1.165) is 57.2 Å². The molecule has 7 heteroatoms. The first-order valence-corrected chi connectivity index (χ1v) is 9.82. The fourth-order valence-corrected chi connectivity index (χ4v) is 4.11. The van der Waals surface area contributed by atoms with Gasteiger partial charge in [0.25, 0.3) is 0 Å². The van der Waals surface area contributed by atoms with E-state index in [4.69, 9.17) is 0 Å². The number of aromatic amines is 1. The second-order valence-corrected chi connectivity index (χ2v) is 7.63. The van der Waals surface area contributed by atoms with E-state index in [1.165, 1.54) is 11.3 Å². The van der Waals surface area contributed by atoms with Gasteiger partial charge in [0.15, 0.2) is 5.82 Å². The van der Waals surface area contributed by atoms with Crippen molar-refractivity contribution >= 4 is 11.6 Å². The van der Waals surface area contributed by atoms with E-state index in [9.17, 15) is 4.79 Å². The highest BCUT2D eigenvalue weighted by atomic mass is 16.2. The Morgan fingerprint density at radius 3 is 2.70 bits per heavy atom. The van der Waals surface area contributed by atoms with Crippen molar-refractivity contribution in [1.29, 1.82) is 0 Å². The largest absolute Gasteiger partial charge is 0.369 e. The number of benzene rings is 1. The topological polar surface area (TPSA) is 68.4 Å². The molecule has 1 unspecified atom stereocenters. The smallest absolute Gasteiger partial charge is 0.237 e. The molecule has 0 spiro atoms. The third-order valence-electron chi connectivity index (χ3n) is 5.58.